The number of hydrogen-bond acceptors (Lipinski definition) is 7. The van der Waals surface area contributed by atoms with Crippen LogP contribution in [-0.4, -0.2) is 24.6 Å². The number of ether oxygens (including phenoxy) is 2. The molecule has 8 heteroatoms. The van der Waals surface area contributed by atoms with Crippen LogP contribution in [-0.2, 0) is 16.1 Å². The lowest BCUT2D eigenvalue weighted by Gasteiger charge is -2.29. The summed E-state index contributed by atoms with van der Waals surface area (Å²) in [5.74, 6) is -0.531. The Balaban J connectivity index is 1.61. The lowest BCUT2D eigenvalue weighted by atomic mass is 9.82. The van der Waals surface area contributed by atoms with Gasteiger partial charge in [-0.25, -0.2) is 4.79 Å². The lowest BCUT2D eigenvalue weighted by molar-refractivity contribution is -0.140. The number of dihydropyridines is 1. The molecule has 1 atom stereocenters. The Morgan fingerprint density at radius 2 is 1.71 bits per heavy atom. The molecule has 0 bridgehead atoms. The van der Waals surface area contributed by atoms with Crippen LogP contribution in [0.25, 0.3) is 0 Å². The summed E-state index contributed by atoms with van der Waals surface area (Å²) >= 11 is 7.34. The van der Waals surface area contributed by atoms with Crippen LogP contribution in [0.4, 0.5) is 0 Å². The molecule has 1 heterocycles. The highest BCUT2D eigenvalue weighted by Crippen LogP contribution is 2.41. The number of nitrogens with one attached hydrogen (secondary N) is 1. The molecule has 3 aromatic carbocycles. The summed E-state index contributed by atoms with van der Waals surface area (Å²) in [5, 5.41) is 14.5. The first-order chi connectivity index (χ1) is 18.4. The van der Waals surface area contributed by atoms with E-state index in [9.17, 15) is 14.9 Å². The molecule has 6 nitrogen and oxygen atoms in total. The summed E-state index contributed by atoms with van der Waals surface area (Å²) in [4.78, 5) is 26.2. The molecule has 0 saturated heterocycles. The molecule has 0 aliphatic carbocycles. The van der Waals surface area contributed by atoms with Gasteiger partial charge in [0.05, 0.1) is 41.0 Å². The van der Waals surface area contributed by atoms with Crippen molar-refractivity contribution >= 4 is 35.1 Å². The van der Waals surface area contributed by atoms with Gasteiger partial charge in [0.2, 0.25) is 0 Å². The number of Topliss-reactive ketones (excluding diaryl/α,β-unsaturated/α-hetero) is 1. The van der Waals surface area contributed by atoms with Crippen molar-refractivity contribution in [3.05, 3.63) is 122 Å². The van der Waals surface area contributed by atoms with Crippen LogP contribution >= 0.6 is 23.4 Å². The minimum Gasteiger partial charge on any atom is -0.497 e. The number of nitriles is 1. The van der Waals surface area contributed by atoms with E-state index in [1.807, 2.05) is 30.3 Å². The van der Waals surface area contributed by atoms with Gasteiger partial charge in [-0.2, -0.15) is 5.26 Å². The summed E-state index contributed by atoms with van der Waals surface area (Å²) in [6.07, 6.45) is 0. The molecular weight excluding hydrogens is 520 g/mol. The second kappa shape index (κ2) is 12.5. The van der Waals surface area contributed by atoms with E-state index in [4.69, 9.17) is 21.1 Å². The first-order valence-corrected chi connectivity index (χ1v) is 13.2. The topological polar surface area (TPSA) is 88.4 Å². The first kappa shape index (κ1) is 27.1. The van der Waals surface area contributed by atoms with Gasteiger partial charge in [0, 0.05) is 16.3 Å². The van der Waals surface area contributed by atoms with Gasteiger partial charge in [-0.15, -0.1) is 0 Å². The van der Waals surface area contributed by atoms with E-state index >= 15 is 0 Å². The normalized spacial score (nSPS) is 14.9. The summed E-state index contributed by atoms with van der Waals surface area (Å²) < 4.78 is 10.8. The molecule has 0 amide bonds. The van der Waals surface area contributed by atoms with Gasteiger partial charge in [-0.3, -0.25) is 4.79 Å². The molecule has 1 N–H and O–H groups in total. The molecule has 192 valence electrons. The van der Waals surface area contributed by atoms with Crippen LogP contribution in [0.3, 0.4) is 0 Å². The average molecular weight is 545 g/mol. The molecule has 0 spiro atoms. The summed E-state index contributed by atoms with van der Waals surface area (Å²) in [6.45, 7) is 1.87. The third kappa shape index (κ3) is 6.28. The molecule has 0 fully saturated rings. The second-order valence-electron chi connectivity index (χ2n) is 8.50. The molecule has 3 aromatic rings. The molecule has 1 aliphatic rings. The van der Waals surface area contributed by atoms with Gasteiger partial charge in [0.25, 0.3) is 0 Å². The van der Waals surface area contributed by atoms with Crippen molar-refractivity contribution in [1.82, 2.24) is 5.32 Å². The number of thioether (sulfide) groups is 1. The number of hydrogen-bond donors (Lipinski definition) is 1. The van der Waals surface area contributed by atoms with Gasteiger partial charge in [0.1, 0.15) is 12.4 Å². The van der Waals surface area contributed by atoms with Gasteiger partial charge in [-0.1, -0.05) is 65.8 Å². The highest BCUT2D eigenvalue weighted by Gasteiger charge is 2.35. The smallest absolute Gasteiger partial charge is 0.337 e. The number of halogens is 1. The Labute approximate surface area is 230 Å². The minimum atomic E-state index is -0.680. The van der Waals surface area contributed by atoms with E-state index in [1.165, 1.54) is 11.8 Å². The fourth-order valence-corrected chi connectivity index (χ4v) is 5.20. The number of benzene rings is 3. The third-order valence-corrected chi connectivity index (χ3v) is 7.31. The zero-order chi connectivity index (χ0) is 27.1. The van der Waals surface area contributed by atoms with E-state index in [0.29, 0.717) is 38.2 Å². The molecule has 0 unspecified atom stereocenters. The van der Waals surface area contributed by atoms with E-state index in [2.05, 4.69) is 11.4 Å². The highest BCUT2D eigenvalue weighted by molar-refractivity contribution is 8.03. The Morgan fingerprint density at radius 3 is 2.34 bits per heavy atom. The number of nitrogens with zero attached hydrogens (tertiary/aromatic N) is 1. The number of allylic oxidation sites excluding steroid dienone is 2. The van der Waals surface area contributed by atoms with Crippen LogP contribution in [0.5, 0.6) is 5.75 Å². The maximum atomic E-state index is 13.4. The summed E-state index contributed by atoms with van der Waals surface area (Å²) in [7, 11) is 1.57. The maximum Gasteiger partial charge on any atom is 0.337 e. The fraction of sp³-hybridized carbons (Fsp3) is 0.167. The molecule has 0 radical (unpaired) electrons. The fourth-order valence-electron chi connectivity index (χ4n) is 4.08. The Hall–Kier alpha value is -3.99. The van der Waals surface area contributed by atoms with Crippen LogP contribution in [0, 0.1) is 11.3 Å². The molecular formula is C30H25ClN2O4S. The van der Waals surface area contributed by atoms with Crippen LogP contribution in [0.15, 0.2) is 101 Å². The number of rotatable bonds is 9. The Morgan fingerprint density at radius 1 is 1.03 bits per heavy atom. The maximum absolute atomic E-state index is 13.4. The monoisotopic (exact) mass is 544 g/mol. The standard InChI is InChI=1S/C30H25ClN2O4S/c1-19-27(30(35)37-17-20-6-4-3-5-7-20)28(22-8-12-23(31)13-9-22)25(16-32)29(33-19)38-18-26(34)21-10-14-24(36-2)15-11-21/h3-15,28,33H,17-18H2,1-2H3/t28-/m0/s1. The van der Waals surface area contributed by atoms with E-state index < -0.39 is 11.9 Å². The Bertz CT molecular complexity index is 1430. The molecule has 0 aromatic heterocycles. The van der Waals surface area contributed by atoms with Crippen molar-refractivity contribution in [3.8, 4) is 11.8 Å². The zero-order valence-corrected chi connectivity index (χ0v) is 22.4. The largest absolute Gasteiger partial charge is 0.497 e. The average Bonchev–Trinajstić information content (AvgIpc) is 2.95. The van der Waals surface area contributed by atoms with Gasteiger partial charge in [0.15, 0.2) is 5.78 Å². The summed E-state index contributed by atoms with van der Waals surface area (Å²) in [6, 6.07) is 25.5. The van der Waals surface area contributed by atoms with Crippen molar-refractivity contribution in [2.24, 2.45) is 0 Å². The van der Waals surface area contributed by atoms with Crippen molar-refractivity contribution in [3.63, 3.8) is 0 Å². The van der Waals surface area contributed by atoms with E-state index in [0.717, 1.165) is 11.1 Å². The van der Waals surface area contributed by atoms with E-state index in [1.54, 1.807) is 62.6 Å². The lowest BCUT2D eigenvalue weighted by Crippen LogP contribution is -2.29. The third-order valence-electron chi connectivity index (χ3n) is 6.04. The van der Waals surface area contributed by atoms with E-state index in [-0.39, 0.29) is 18.1 Å². The quantitative estimate of drug-likeness (QED) is 0.246. The number of methoxy groups -OCH3 is 1. The number of ketones is 1. The predicted molar refractivity (Wildman–Crippen MR) is 149 cm³/mol. The van der Waals surface area contributed by atoms with Crippen molar-refractivity contribution in [2.75, 3.05) is 12.9 Å². The molecule has 1 aliphatic heterocycles. The summed E-state index contributed by atoms with van der Waals surface area (Å²) in [5.41, 5.74) is 3.34. The number of carbonyl (C=O) groups is 2. The minimum absolute atomic E-state index is 0.0954. The second-order valence-corrected chi connectivity index (χ2v) is 9.93. The molecule has 4 rings (SSSR count). The molecule has 38 heavy (non-hydrogen) atoms. The van der Waals surface area contributed by atoms with Crippen molar-refractivity contribution < 1.29 is 19.1 Å². The Kier molecular flexibility index (Phi) is 8.90. The van der Waals surface area contributed by atoms with Gasteiger partial charge < -0.3 is 14.8 Å². The number of carbonyl (C=O) groups excluding carboxylic acids is 2. The first-order valence-electron chi connectivity index (χ1n) is 11.8. The van der Waals surface area contributed by atoms with Crippen molar-refractivity contribution in [1.29, 1.82) is 5.26 Å². The highest BCUT2D eigenvalue weighted by atomic mass is 35.5. The van der Waals surface area contributed by atoms with Gasteiger partial charge in [-0.05, 0) is 54.4 Å². The predicted octanol–water partition coefficient (Wildman–Crippen LogP) is 6.40. The molecule has 0 saturated carbocycles. The SMILES string of the molecule is COc1ccc(C(=O)CSC2=C(C#N)[C@H](c3ccc(Cl)cc3)C(C(=O)OCc3ccccc3)=C(C)N2)cc1. The van der Waals surface area contributed by atoms with Crippen molar-refractivity contribution in [2.45, 2.75) is 19.4 Å². The van der Waals surface area contributed by atoms with Crippen LogP contribution in [0.2, 0.25) is 5.02 Å². The number of esters is 1. The van der Waals surface area contributed by atoms with Crippen LogP contribution in [0.1, 0.15) is 34.3 Å². The van der Waals surface area contributed by atoms with Gasteiger partial charge >= 0.3 is 5.97 Å². The zero-order valence-electron chi connectivity index (χ0n) is 20.9. The van der Waals surface area contributed by atoms with Crippen LogP contribution < -0.4 is 10.1 Å².